The number of benzene rings is 2. The Balaban J connectivity index is 1.50. The quantitative estimate of drug-likeness (QED) is 0.724. The molecule has 3 rings (SSSR count). The third-order valence-corrected chi connectivity index (χ3v) is 6.62. The molecule has 0 aliphatic carbocycles. The van der Waals surface area contributed by atoms with Crippen LogP contribution in [0.25, 0.3) is 0 Å². The van der Waals surface area contributed by atoms with Crippen molar-refractivity contribution in [2.45, 2.75) is 11.8 Å². The van der Waals surface area contributed by atoms with Crippen LogP contribution in [0.1, 0.15) is 5.56 Å². The van der Waals surface area contributed by atoms with E-state index < -0.39 is 10.0 Å². The summed E-state index contributed by atoms with van der Waals surface area (Å²) in [5.74, 6) is 1.11. The molecule has 2 amide bonds. The van der Waals surface area contributed by atoms with E-state index in [0.717, 1.165) is 5.56 Å². The zero-order chi connectivity index (χ0) is 20.9. The summed E-state index contributed by atoms with van der Waals surface area (Å²) in [4.78, 5) is 14.2. The highest BCUT2D eigenvalue weighted by molar-refractivity contribution is 7.89. The Morgan fingerprint density at radius 3 is 2.24 bits per heavy atom. The van der Waals surface area contributed by atoms with E-state index >= 15 is 0 Å². The first-order valence-corrected chi connectivity index (χ1v) is 10.7. The molecule has 1 N–H and O–H groups in total. The normalized spacial score (nSPS) is 15.0. The van der Waals surface area contributed by atoms with Gasteiger partial charge in [0.05, 0.1) is 12.0 Å². The molecule has 156 valence electrons. The van der Waals surface area contributed by atoms with E-state index in [-0.39, 0.29) is 30.7 Å². The summed E-state index contributed by atoms with van der Waals surface area (Å²) in [6.45, 7) is 3.01. The molecule has 1 heterocycles. The van der Waals surface area contributed by atoms with E-state index in [1.54, 1.807) is 48.4 Å². The molecular weight excluding hydrogens is 394 g/mol. The van der Waals surface area contributed by atoms with Gasteiger partial charge in [0.1, 0.15) is 0 Å². The fourth-order valence-corrected chi connectivity index (χ4v) is 4.44. The molecular formula is C20H25N3O5S. The van der Waals surface area contributed by atoms with E-state index in [4.69, 9.17) is 9.47 Å². The first-order valence-electron chi connectivity index (χ1n) is 9.27. The lowest BCUT2D eigenvalue weighted by atomic mass is 10.2. The molecule has 8 nitrogen and oxygen atoms in total. The molecule has 1 aliphatic rings. The van der Waals surface area contributed by atoms with Gasteiger partial charge in [-0.25, -0.2) is 13.2 Å². The Morgan fingerprint density at radius 1 is 1.00 bits per heavy atom. The number of sulfonamides is 1. The summed E-state index contributed by atoms with van der Waals surface area (Å²) in [5.41, 5.74) is 1.00. The van der Waals surface area contributed by atoms with Crippen LogP contribution in [-0.2, 0) is 10.0 Å². The van der Waals surface area contributed by atoms with Crippen LogP contribution in [0.3, 0.4) is 0 Å². The van der Waals surface area contributed by atoms with Crippen LogP contribution in [-0.4, -0.2) is 63.7 Å². The molecule has 29 heavy (non-hydrogen) atoms. The number of carbonyl (C=O) groups excluding carboxylic acids is 1. The second-order valence-electron chi connectivity index (χ2n) is 6.63. The highest BCUT2D eigenvalue weighted by Crippen LogP contribution is 2.25. The Hall–Kier alpha value is -2.78. The number of rotatable bonds is 6. The summed E-state index contributed by atoms with van der Waals surface area (Å²) in [6.07, 6.45) is 0. The molecule has 1 aliphatic heterocycles. The van der Waals surface area contributed by atoms with Gasteiger partial charge in [0.2, 0.25) is 10.0 Å². The number of piperazine rings is 1. The second kappa shape index (κ2) is 9.15. The maximum Gasteiger partial charge on any atom is 0.320 e. The summed E-state index contributed by atoms with van der Waals surface area (Å²) < 4.78 is 37.6. The van der Waals surface area contributed by atoms with Gasteiger partial charge in [-0.15, -0.1) is 0 Å². The Morgan fingerprint density at radius 2 is 1.62 bits per heavy atom. The van der Waals surface area contributed by atoms with E-state index in [9.17, 15) is 13.2 Å². The van der Waals surface area contributed by atoms with Crippen molar-refractivity contribution in [3.8, 4) is 11.5 Å². The van der Waals surface area contributed by atoms with Gasteiger partial charge in [0.25, 0.3) is 0 Å². The van der Waals surface area contributed by atoms with Crippen LogP contribution in [0.5, 0.6) is 11.5 Å². The number of amides is 2. The van der Waals surface area contributed by atoms with Gasteiger partial charge >= 0.3 is 6.03 Å². The second-order valence-corrected chi connectivity index (χ2v) is 8.56. The summed E-state index contributed by atoms with van der Waals surface area (Å²) in [6, 6.07) is 13.6. The fraction of sp³-hybridized carbons (Fsp3) is 0.350. The van der Waals surface area contributed by atoms with Crippen LogP contribution in [0.15, 0.2) is 53.4 Å². The molecule has 0 radical (unpaired) electrons. The molecule has 1 saturated heterocycles. The van der Waals surface area contributed by atoms with Crippen LogP contribution in [0.4, 0.5) is 4.79 Å². The number of methoxy groups -OCH3 is 1. The van der Waals surface area contributed by atoms with E-state index in [0.29, 0.717) is 24.6 Å². The summed E-state index contributed by atoms with van der Waals surface area (Å²) in [7, 11) is -2.01. The van der Waals surface area contributed by atoms with Crippen molar-refractivity contribution in [1.29, 1.82) is 0 Å². The third kappa shape index (κ3) is 4.99. The van der Waals surface area contributed by atoms with Gasteiger partial charge in [-0.05, 0) is 31.2 Å². The minimum Gasteiger partial charge on any atom is -0.493 e. The number of para-hydroxylation sites is 2. The Labute approximate surface area is 171 Å². The number of ether oxygens (including phenoxy) is 2. The maximum absolute atomic E-state index is 12.7. The number of carbonyl (C=O) groups is 1. The number of hydrogen-bond donors (Lipinski definition) is 1. The molecule has 2 aromatic rings. The smallest absolute Gasteiger partial charge is 0.320 e. The average Bonchev–Trinajstić information content (AvgIpc) is 2.74. The summed E-state index contributed by atoms with van der Waals surface area (Å²) in [5, 5.41) is 2.68. The zero-order valence-corrected chi connectivity index (χ0v) is 17.3. The van der Waals surface area contributed by atoms with Crippen LogP contribution >= 0.6 is 0 Å². The largest absolute Gasteiger partial charge is 0.493 e. The minimum absolute atomic E-state index is 0.0128. The number of urea groups is 1. The predicted molar refractivity (Wildman–Crippen MR) is 109 cm³/mol. The lowest BCUT2D eigenvalue weighted by Crippen LogP contribution is -2.53. The van der Waals surface area contributed by atoms with Crippen LogP contribution in [0.2, 0.25) is 0 Å². The highest BCUT2D eigenvalue weighted by Gasteiger charge is 2.30. The Kier molecular flexibility index (Phi) is 6.60. The first-order chi connectivity index (χ1) is 13.9. The van der Waals surface area contributed by atoms with Crippen molar-refractivity contribution in [2.75, 3.05) is 40.0 Å². The van der Waals surface area contributed by atoms with Gasteiger partial charge in [-0.3, -0.25) is 0 Å². The molecule has 0 aromatic heterocycles. The van der Waals surface area contributed by atoms with E-state index in [1.165, 1.54) is 4.31 Å². The van der Waals surface area contributed by atoms with E-state index in [2.05, 4.69) is 5.32 Å². The molecule has 0 atom stereocenters. The highest BCUT2D eigenvalue weighted by atomic mass is 32.2. The van der Waals surface area contributed by atoms with Crippen molar-refractivity contribution >= 4 is 16.1 Å². The van der Waals surface area contributed by atoms with Crippen molar-refractivity contribution in [3.05, 3.63) is 54.1 Å². The minimum atomic E-state index is -3.55. The zero-order valence-electron chi connectivity index (χ0n) is 16.5. The van der Waals surface area contributed by atoms with Crippen molar-refractivity contribution < 1.29 is 22.7 Å². The van der Waals surface area contributed by atoms with Gasteiger partial charge in [-0.2, -0.15) is 4.31 Å². The Bertz CT molecular complexity index is 939. The predicted octanol–water partition coefficient (Wildman–Crippen LogP) is 2.06. The van der Waals surface area contributed by atoms with Crippen molar-refractivity contribution in [2.24, 2.45) is 0 Å². The lowest BCUT2D eigenvalue weighted by Gasteiger charge is -2.34. The third-order valence-electron chi connectivity index (χ3n) is 4.70. The number of hydrogen-bond acceptors (Lipinski definition) is 5. The summed E-state index contributed by atoms with van der Waals surface area (Å²) >= 11 is 0. The number of aryl methyl sites for hydroxylation is 1. The monoisotopic (exact) mass is 419 g/mol. The number of nitrogens with one attached hydrogen (secondary N) is 1. The van der Waals surface area contributed by atoms with Crippen LogP contribution < -0.4 is 14.8 Å². The molecule has 2 aromatic carbocycles. The standard InChI is InChI=1S/C20H25N3O5S/c1-16-7-9-17(10-8-16)29(25,26)23-13-11-22(12-14-23)20(24)21-15-28-19-6-4-3-5-18(19)27-2/h3-10H,11-15H2,1-2H3,(H,21,24). The topological polar surface area (TPSA) is 88.2 Å². The van der Waals surface area contributed by atoms with Gasteiger partial charge in [0.15, 0.2) is 18.2 Å². The average molecular weight is 420 g/mol. The number of nitrogens with zero attached hydrogens (tertiary/aromatic N) is 2. The molecule has 9 heteroatoms. The molecule has 0 spiro atoms. The molecule has 1 fully saturated rings. The molecule has 0 bridgehead atoms. The van der Waals surface area contributed by atoms with Crippen molar-refractivity contribution in [1.82, 2.24) is 14.5 Å². The fourth-order valence-electron chi connectivity index (χ4n) is 3.02. The van der Waals surface area contributed by atoms with E-state index in [1.807, 2.05) is 19.1 Å². The molecule has 0 saturated carbocycles. The maximum atomic E-state index is 12.7. The van der Waals surface area contributed by atoms with Gasteiger partial charge < -0.3 is 19.7 Å². The SMILES string of the molecule is COc1ccccc1OCNC(=O)N1CCN(S(=O)(=O)c2ccc(C)cc2)CC1. The van der Waals surface area contributed by atoms with Gasteiger partial charge in [0, 0.05) is 26.2 Å². The lowest BCUT2D eigenvalue weighted by molar-refractivity contribution is 0.162. The molecule has 0 unspecified atom stereocenters. The van der Waals surface area contributed by atoms with Crippen molar-refractivity contribution in [3.63, 3.8) is 0 Å². The van der Waals surface area contributed by atoms with Gasteiger partial charge in [-0.1, -0.05) is 29.8 Å². The first kappa shape index (κ1) is 20.9. The van der Waals surface area contributed by atoms with Crippen LogP contribution in [0, 0.1) is 6.92 Å².